The van der Waals surface area contributed by atoms with E-state index in [0.717, 1.165) is 33.6 Å². The number of β-lactam (4-membered cyclic amide) rings is 1. The number of nitrogens with one attached hydrogen (secondary N) is 2. The van der Waals surface area contributed by atoms with Crippen LogP contribution in [0.1, 0.15) is 48.8 Å². The predicted molar refractivity (Wildman–Crippen MR) is 209 cm³/mol. The Morgan fingerprint density at radius 3 is 2.22 bits per heavy atom. The number of ether oxygens (including phenoxy) is 3. The highest BCUT2D eigenvalue weighted by molar-refractivity contribution is 8.00. The second-order valence-electron chi connectivity index (χ2n) is 12.6. The van der Waals surface area contributed by atoms with E-state index in [-0.39, 0.29) is 41.7 Å². The maximum Gasteiger partial charge on any atom is 0.413 e. The monoisotopic (exact) mass is 778 g/mol. The van der Waals surface area contributed by atoms with Gasteiger partial charge in [-0.05, 0) is 42.7 Å². The van der Waals surface area contributed by atoms with Gasteiger partial charge in [0, 0.05) is 11.1 Å². The van der Waals surface area contributed by atoms with Crippen LogP contribution in [0.15, 0.2) is 126 Å². The molecule has 2 aliphatic heterocycles. The van der Waals surface area contributed by atoms with Crippen LogP contribution in [-0.4, -0.2) is 63.5 Å². The average molecular weight is 779 g/mol. The number of esters is 2. The Bertz CT molecular complexity index is 2080. The van der Waals surface area contributed by atoms with E-state index in [1.807, 2.05) is 105 Å². The highest BCUT2D eigenvalue weighted by atomic mass is 32.2. The maximum atomic E-state index is 13.9. The molecule has 2 N–H and O–H groups in total. The molecule has 3 aromatic carbocycles. The lowest BCUT2D eigenvalue weighted by Gasteiger charge is -2.48. The Balaban J connectivity index is 1.14. The average Bonchev–Trinajstić information content (AvgIpc) is 3.66. The summed E-state index contributed by atoms with van der Waals surface area (Å²) in [5.74, 6) is -2.02. The Morgan fingerprint density at radius 1 is 0.909 bits per heavy atom. The molecule has 2 aliphatic rings. The van der Waals surface area contributed by atoms with Crippen molar-refractivity contribution >= 4 is 63.6 Å². The van der Waals surface area contributed by atoms with Gasteiger partial charge in [0.25, 0.3) is 11.8 Å². The van der Waals surface area contributed by atoms with Crippen LogP contribution in [0.4, 0.5) is 9.93 Å². The fourth-order valence-electron chi connectivity index (χ4n) is 5.66. The van der Waals surface area contributed by atoms with E-state index >= 15 is 0 Å². The number of nitrogens with zero attached hydrogens (tertiary/aromatic N) is 2. The highest BCUT2D eigenvalue weighted by Gasteiger charge is 2.53. The van der Waals surface area contributed by atoms with Gasteiger partial charge in [0.1, 0.15) is 30.3 Å². The summed E-state index contributed by atoms with van der Waals surface area (Å²) in [5.41, 5.74) is 3.58. The van der Waals surface area contributed by atoms with Crippen molar-refractivity contribution < 1.29 is 38.2 Å². The van der Waals surface area contributed by atoms with E-state index in [0.29, 0.717) is 5.75 Å². The Labute approximate surface area is 326 Å². The van der Waals surface area contributed by atoms with Crippen molar-refractivity contribution in [3.8, 4) is 0 Å². The summed E-state index contributed by atoms with van der Waals surface area (Å²) in [4.78, 5) is 72.0. The predicted octanol–water partition coefficient (Wildman–Crippen LogP) is 6.79. The van der Waals surface area contributed by atoms with Gasteiger partial charge in [-0.2, -0.15) is 0 Å². The number of rotatable bonds is 14. The summed E-state index contributed by atoms with van der Waals surface area (Å²) in [6.45, 7) is 3.88. The maximum absolute atomic E-state index is 13.9. The van der Waals surface area contributed by atoms with Crippen LogP contribution in [0.5, 0.6) is 0 Å². The van der Waals surface area contributed by atoms with Crippen molar-refractivity contribution in [2.24, 2.45) is 0 Å². The van der Waals surface area contributed by atoms with E-state index < -0.39 is 47.4 Å². The van der Waals surface area contributed by atoms with E-state index in [1.54, 1.807) is 17.5 Å². The third-order valence-corrected chi connectivity index (χ3v) is 10.4. The van der Waals surface area contributed by atoms with Crippen LogP contribution in [0.25, 0.3) is 5.57 Å². The molecule has 1 aromatic heterocycles. The van der Waals surface area contributed by atoms with Crippen LogP contribution in [0.3, 0.4) is 0 Å². The molecule has 0 saturated carbocycles. The van der Waals surface area contributed by atoms with Crippen LogP contribution >= 0.6 is 23.1 Å². The van der Waals surface area contributed by atoms with Crippen molar-refractivity contribution in [3.63, 3.8) is 0 Å². The molecule has 2 atom stereocenters. The zero-order valence-electron chi connectivity index (χ0n) is 30.0. The number of amides is 3. The first kappa shape index (κ1) is 38.7. The minimum Gasteiger partial charge on any atom is -0.461 e. The van der Waals surface area contributed by atoms with Crippen molar-refractivity contribution in [1.82, 2.24) is 15.2 Å². The van der Waals surface area contributed by atoms with Crippen molar-refractivity contribution in [3.05, 3.63) is 148 Å². The first-order valence-electron chi connectivity index (χ1n) is 17.4. The van der Waals surface area contributed by atoms with Crippen LogP contribution in [0, 0.1) is 0 Å². The lowest BCUT2D eigenvalue weighted by Crippen LogP contribution is -2.70. The lowest BCUT2D eigenvalue weighted by molar-refractivity contribution is -0.154. The molecule has 14 heteroatoms. The summed E-state index contributed by atoms with van der Waals surface area (Å²) in [6.07, 6.45) is 3.07. The number of hydrogen-bond acceptors (Lipinski definition) is 11. The van der Waals surface area contributed by atoms with Crippen molar-refractivity contribution in [2.45, 2.75) is 44.4 Å². The molecule has 3 heterocycles. The lowest BCUT2D eigenvalue weighted by atomic mass is 10.0. The van der Waals surface area contributed by atoms with E-state index in [1.165, 1.54) is 22.7 Å². The molecule has 1 fully saturated rings. The van der Waals surface area contributed by atoms with Crippen LogP contribution in [-0.2, 0) is 40.0 Å². The van der Waals surface area contributed by atoms with Gasteiger partial charge in [-0.25, -0.2) is 14.6 Å². The summed E-state index contributed by atoms with van der Waals surface area (Å²) in [7, 11) is 0. The molecule has 0 bridgehead atoms. The SMILES string of the molecule is CC(C)=CCOC(=O)C/C=C(/C(=O)N[C@@H]1C(=O)N2C(C(=O)OC(c3ccccc3)c3ccccc3)=CCS[C@H]12)c1csc(NC(=O)OCc2ccccc2)n1. The summed E-state index contributed by atoms with van der Waals surface area (Å²) >= 11 is 2.44. The number of anilines is 1. The van der Waals surface area contributed by atoms with Gasteiger partial charge >= 0.3 is 18.0 Å². The number of benzene rings is 3. The van der Waals surface area contributed by atoms with Gasteiger partial charge < -0.3 is 19.5 Å². The van der Waals surface area contributed by atoms with E-state index in [9.17, 15) is 24.0 Å². The first-order valence-corrected chi connectivity index (χ1v) is 19.3. The molecule has 282 valence electrons. The molecule has 12 nitrogen and oxygen atoms in total. The summed E-state index contributed by atoms with van der Waals surface area (Å²) in [6, 6.07) is 26.8. The number of fused-ring (bicyclic) bond motifs is 1. The third-order valence-electron chi connectivity index (χ3n) is 8.43. The fourth-order valence-corrected chi connectivity index (χ4v) is 7.55. The largest absolute Gasteiger partial charge is 0.461 e. The van der Waals surface area contributed by atoms with Gasteiger partial charge in [0.05, 0.1) is 17.7 Å². The van der Waals surface area contributed by atoms with Gasteiger partial charge in [-0.15, -0.1) is 23.1 Å². The molecule has 6 rings (SSSR count). The number of thioether (sulfide) groups is 1. The number of carbonyl (C=O) groups is 5. The Kier molecular flexibility index (Phi) is 12.9. The van der Waals surface area contributed by atoms with Crippen LogP contribution < -0.4 is 10.6 Å². The topological polar surface area (TPSA) is 153 Å². The van der Waals surface area contributed by atoms with Gasteiger partial charge in [0.15, 0.2) is 11.2 Å². The second-order valence-corrected chi connectivity index (χ2v) is 14.6. The zero-order valence-corrected chi connectivity index (χ0v) is 31.6. The molecule has 1 saturated heterocycles. The quantitative estimate of drug-likeness (QED) is 0.0460. The van der Waals surface area contributed by atoms with Crippen molar-refractivity contribution in [1.29, 1.82) is 0 Å². The van der Waals surface area contributed by atoms with E-state index in [2.05, 4.69) is 15.6 Å². The molecule has 0 radical (unpaired) electrons. The Morgan fingerprint density at radius 2 is 1.56 bits per heavy atom. The normalized spacial score (nSPS) is 16.2. The van der Waals surface area contributed by atoms with Gasteiger partial charge in [-0.1, -0.05) is 103 Å². The smallest absolute Gasteiger partial charge is 0.413 e. The number of carbonyl (C=O) groups excluding carboxylic acids is 5. The molecule has 3 amide bonds. The Hall–Kier alpha value is -5.99. The molecule has 55 heavy (non-hydrogen) atoms. The molecule has 0 spiro atoms. The standard InChI is InChI=1S/C41H38N4O8S2/c1-26(2)20-22-51-33(46)19-18-30(31-25-55-40(42-31)44-41(50)52-24-27-12-6-3-7-13-27)36(47)43-34-37(48)45-32(21-23-54-38(34)45)39(49)53-35(28-14-8-4-9-15-28)29-16-10-5-11-17-29/h3-18,20-21,25,34-35,38H,19,22-24H2,1-2H3,(H,43,47)(H,42,44,50)/b30-18+/t34-,38-/m1/s1. The summed E-state index contributed by atoms with van der Waals surface area (Å²) in [5, 5.41) is 6.46. The molecular formula is C41H38N4O8S2. The number of aromatic nitrogens is 1. The number of hydrogen-bond donors (Lipinski definition) is 2. The minimum atomic E-state index is -0.981. The zero-order chi connectivity index (χ0) is 38.7. The molecular weight excluding hydrogens is 741 g/mol. The second kappa shape index (κ2) is 18.4. The number of allylic oxidation sites excluding steroid dienone is 1. The van der Waals surface area contributed by atoms with Gasteiger partial charge in [0.2, 0.25) is 0 Å². The molecule has 0 unspecified atom stereocenters. The minimum absolute atomic E-state index is 0.00286. The van der Waals surface area contributed by atoms with Gasteiger partial charge in [-0.3, -0.25) is 24.6 Å². The molecule has 0 aliphatic carbocycles. The van der Waals surface area contributed by atoms with Crippen molar-refractivity contribution in [2.75, 3.05) is 17.7 Å². The molecule has 4 aromatic rings. The summed E-state index contributed by atoms with van der Waals surface area (Å²) < 4.78 is 16.6. The number of thiazole rings is 1. The highest BCUT2D eigenvalue weighted by Crippen LogP contribution is 2.39. The fraction of sp³-hybridized carbons (Fsp3) is 0.220. The van der Waals surface area contributed by atoms with Crippen LogP contribution in [0.2, 0.25) is 0 Å². The first-order chi connectivity index (χ1) is 26.7. The third kappa shape index (κ3) is 9.96. The van der Waals surface area contributed by atoms with E-state index in [4.69, 9.17) is 14.2 Å².